The van der Waals surface area contributed by atoms with Crippen LogP contribution in [0.15, 0.2) is 69.4 Å². The first-order valence-corrected chi connectivity index (χ1v) is 9.47. The lowest BCUT2D eigenvalue weighted by Crippen LogP contribution is -2.15. The van der Waals surface area contributed by atoms with Crippen molar-refractivity contribution in [2.45, 2.75) is 11.1 Å². The van der Waals surface area contributed by atoms with Crippen molar-refractivity contribution in [2.75, 3.05) is 0 Å². The third-order valence-corrected chi connectivity index (χ3v) is 5.75. The van der Waals surface area contributed by atoms with Crippen LogP contribution in [0.1, 0.15) is 21.7 Å². The Bertz CT molecular complexity index is 1240. The standard InChI is InChI=1S/C19H10F3NO4S/c20-19(21,22)14-7-3-1-5-11(14)15-9-16(27-23-15)13-10-28(25,26)17-8-4-2-6-12(17)18(13)24/h1-10H. The Balaban J connectivity index is 1.82. The zero-order chi connectivity index (χ0) is 20.1. The molecule has 0 bridgehead atoms. The van der Waals surface area contributed by atoms with Crippen molar-refractivity contribution in [3.8, 4) is 11.3 Å². The number of Topliss-reactive ketones (excluding diaryl/α,β-unsaturated/α-hetero) is 1. The molecule has 2 heterocycles. The van der Waals surface area contributed by atoms with Crippen LogP contribution < -0.4 is 0 Å². The molecule has 28 heavy (non-hydrogen) atoms. The van der Waals surface area contributed by atoms with E-state index in [4.69, 9.17) is 4.52 Å². The molecule has 4 rings (SSSR count). The molecule has 1 aliphatic heterocycles. The number of ketones is 1. The molecular weight excluding hydrogens is 395 g/mol. The van der Waals surface area contributed by atoms with Gasteiger partial charge in [-0.3, -0.25) is 4.79 Å². The van der Waals surface area contributed by atoms with Crippen LogP contribution in [0.25, 0.3) is 16.8 Å². The summed E-state index contributed by atoms with van der Waals surface area (Å²) in [7, 11) is -3.91. The topological polar surface area (TPSA) is 77.2 Å². The maximum Gasteiger partial charge on any atom is 0.417 e. The Morgan fingerprint density at radius 1 is 0.929 bits per heavy atom. The fourth-order valence-electron chi connectivity index (χ4n) is 2.97. The number of allylic oxidation sites excluding steroid dienone is 1. The number of carbonyl (C=O) groups is 1. The predicted octanol–water partition coefficient (Wildman–Crippen LogP) is 4.37. The molecule has 0 radical (unpaired) electrons. The van der Waals surface area contributed by atoms with Gasteiger partial charge in [0.15, 0.2) is 11.5 Å². The van der Waals surface area contributed by atoms with Gasteiger partial charge >= 0.3 is 6.18 Å². The van der Waals surface area contributed by atoms with Gasteiger partial charge < -0.3 is 4.52 Å². The summed E-state index contributed by atoms with van der Waals surface area (Å²) in [6.07, 6.45) is -4.61. The highest BCUT2D eigenvalue weighted by molar-refractivity contribution is 7.94. The average molecular weight is 405 g/mol. The molecule has 0 spiro atoms. The van der Waals surface area contributed by atoms with Crippen molar-refractivity contribution in [3.05, 3.63) is 76.9 Å². The maximum atomic E-state index is 13.2. The largest absolute Gasteiger partial charge is 0.417 e. The van der Waals surface area contributed by atoms with Crippen LogP contribution >= 0.6 is 0 Å². The van der Waals surface area contributed by atoms with Crippen molar-refractivity contribution in [1.82, 2.24) is 5.16 Å². The molecule has 0 atom stereocenters. The minimum absolute atomic E-state index is 0.0337. The Labute approximate surface area is 157 Å². The molecule has 2 aromatic carbocycles. The summed E-state index contributed by atoms with van der Waals surface area (Å²) in [4.78, 5) is 12.5. The number of nitrogens with zero attached hydrogens (tertiary/aromatic N) is 1. The van der Waals surface area contributed by atoms with Crippen LogP contribution in [0.2, 0.25) is 0 Å². The quantitative estimate of drug-likeness (QED) is 0.633. The first-order chi connectivity index (χ1) is 13.2. The van der Waals surface area contributed by atoms with Crippen LogP contribution in [0.4, 0.5) is 13.2 Å². The summed E-state index contributed by atoms with van der Waals surface area (Å²) >= 11 is 0. The van der Waals surface area contributed by atoms with Gasteiger partial charge in [0.2, 0.25) is 9.84 Å². The zero-order valence-corrected chi connectivity index (χ0v) is 14.7. The molecule has 0 amide bonds. The van der Waals surface area contributed by atoms with E-state index >= 15 is 0 Å². The van der Waals surface area contributed by atoms with Crippen LogP contribution in [0.3, 0.4) is 0 Å². The van der Waals surface area contributed by atoms with E-state index in [0.717, 1.165) is 17.5 Å². The van der Waals surface area contributed by atoms with E-state index in [0.29, 0.717) is 0 Å². The molecule has 0 fully saturated rings. The second kappa shape index (κ2) is 6.16. The number of alkyl halides is 3. The van der Waals surface area contributed by atoms with Gasteiger partial charge in [0.25, 0.3) is 0 Å². The smallest absolute Gasteiger partial charge is 0.355 e. The minimum atomic E-state index is -4.61. The summed E-state index contributed by atoms with van der Waals surface area (Å²) in [5.41, 5.74) is -1.64. The van der Waals surface area contributed by atoms with Gasteiger partial charge in [-0.1, -0.05) is 35.5 Å². The lowest BCUT2D eigenvalue weighted by Gasteiger charge is -2.13. The van der Waals surface area contributed by atoms with E-state index in [-0.39, 0.29) is 33.0 Å². The molecule has 0 saturated heterocycles. The van der Waals surface area contributed by atoms with E-state index in [9.17, 15) is 26.4 Å². The molecule has 142 valence electrons. The third-order valence-electron chi connectivity index (χ3n) is 4.24. The van der Waals surface area contributed by atoms with E-state index in [1.54, 1.807) is 0 Å². The molecule has 3 aromatic rings. The SMILES string of the molecule is O=C1C(c2cc(-c3ccccc3C(F)(F)F)no2)=CS(=O)(=O)c2ccccc21. The third kappa shape index (κ3) is 2.93. The highest BCUT2D eigenvalue weighted by Crippen LogP contribution is 2.38. The molecule has 5 nitrogen and oxygen atoms in total. The van der Waals surface area contributed by atoms with Crippen molar-refractivity contribution in [3.63, 3.8) is 0 Å². The number of hydrogen-bond acceptors (Lipinski definition) is 5. The zero-order valence-electron chi connectivity index (χ0n) is 13.9. The Hall–Kier alpha value is -3.20. The molecule has 0 saturated carbocycles. The van der Waals surface area contributed by atoms with Gasteiger partial charge in [-0.2, -0.15) is 13.2 Å². The number of rotatable bonds is 2. The maximum absolute atomic E-state index is 13.2. The second-order valence-corrected chi connectivity index (χ2v) is 7.79. The fraction of sp³-hybridized carbons (Fsp3) is 0.0526. The van der Waals surface area contributed by atoms with Crippen molar-refractivity contribution < 1.29 is 30.9 Å². The molecule has 0 aliphatic carbocycles. The number of aromatic nitrogens is 1. The molecule has 1 aromatic heterocycles. The number of fused-ring (bicyclic) bond motifs is 1. The number of sulfone groups is 1. The first-order valence-electron chi connectivity index (χ1n) is 7.93. The fourth-order valence-corrected chi connectivity index (χ4v) is 4.37. The Morgan fingerprint density at radius 2 is 1.57 bits per heavy atom. The van der Waals surface area contributed by atoms with Gasteiger partial charge in [0.05, 0.1) is 21.4 Å². The van der Waals surface area contributed by atoms with Crippen molar-refractivity contribution in [2.24, 2.45) is 0 Å². The van der Waals surface area contributed by atoms with E-state index in [1.807, 2.05) is 0 Å². The van der Waals surface area contributed by atoms with Crippen LogP contribution in [-0.2, 0) is 16.0 Å². The molecule has 1 aliphatic rings. The van der Waals surface area contributed by atoms with Crippen LogP contribution in [0, 0.1) is 0 Å². The van der Waals surface area contributed by atoms with Gasteiger partial charge in [-0.25, -0.2) is 8.42 Å². The van der Waals surface area contributed by atoms with Gasteiger partial charge in [-0.15, -0.1) is 0 Å². The van der Waals surface area contributed by atoms with Crippen LogP contribution in [-0.4, -0.2) is 19.4 Å². The minimum Gasteiger partial charge on any atom is -0.355 e. The lowest BCUT2D eigenvalue weighted by atomic mass is 10.0. The predicted molar refractivity (Wildman–Crippen MR) is 92.9 cm³/mol. The Morgan fingerprint density at radius 3 is 2.29 bits per heavy atom. The van der Waals surface area contributed by atoms with Crippen molar-refractivity contribution in [1.29, 1.82) is 0 Å². The second-order valence-electron chi connectivity index (χ2n) is 6.02. The normalized spacial score (nSPS) is 15.8. The van der Waals surface area contributed by atoms with E-state index in [2.05, 4.69) is 5.16 Å². The van der Waals surface area contributed by atoms with Gasteiger partial charge in [-0.05, 0) is 18.2 Å². The van der Waals surface area contributed by atoms with Crippen molar-refractivity contribution >= 4 is 21.2 Å². The summed E-state index contributed by atoms with van der Waals surface area (Å²) < 4.78 is 69.5. The lowest BCUT2D eigenvalue weighted by molar-refractivity contribution is -0.137. The van der Waals surface area contributed by atoms with E-state index in [1.165, 1.54) is 42.5 Å². The molecule has 9 heteroatoms. The Kier molecular flexibility index (Phi) is 4.00. The monoisotopic (exact) mass is 405 g/mol. The number of carbonyl (C=O) groups excluding carboxylic acids is 1. The highest BCUT2D eigenvalue weighted by atomic mass is 32.2. The molecule has 0 N–H and O–H groups in total. The van der Waals surface area contributed by atoms with Gasteiger partial charge in [0.1, 0.15) is 5.69 Å². The average Bonchev–Trinajstić information content (AvgIpc) is 3.14. The molecular formula is C19H10F3NO4S. The molecule has 0 unspecified atom stereocenters. The number of benzene rings is 2. The summed E-state index contributed by atoms with van der Waals surface area (Å²) in [6.45, 7) is 0. The number of hydrogen-bond donors (Lipinski definition) is 0. The summed E-state index contributed by atoms with van der Waals surface area (Å²) in [6, 6.07) is 11.6. The van der Waals surface area contributed by atoms with Gasteiger partial charge in [0, 0.05) is 17.2 Å². The summed E-state index contributed by atoms with van der Waals surface area (Å²) in [5.74, 6) is -0.840. The van der Waals surface area contributed by atoms with Crippen LogP contribution in [0.5, 0.6) is 0 Å². The first kappa shape index (κ1) is 18.2. The highest BCUT2D eigenvalue weighted by Gasteiger charge is 2.35. The number of halogens is 3. The summed E-state index contributed by atoms with van der Waals surface area (Å²) in [5, 5.41) is 4.36. The van der Waals surface area contributed by atoms with E-state index < -0.39 is 27.4 Å².